The van der Waals surface area contributed by atoms with Crippen LogP contribution in [0.4, 0.5) is 0 Å². The molecule has 0 radical (unpaired) electrons. The van der Waals surface area contributed by atoms with E-state index in [0.29, 0.717) is 6.42 Å². The van der Waals surface area contributed by atoms with Crippen molar-refractivity contribution in [2.45, 2.75) is 32.2 Å². The number of sulfonamides is 1. The Morgan fingerprint density at radius 2 is 2.00 bits per heavy atom. The molecule has 0 aliphatic rings. The lowest BCUT2D eigenvalue weighted by Gasteiger charge is -2.13. The van der Waals surface area contributed by atoms with Crippen LogP contribution in [0.1, 0.15) is 26.2 Å². The van der Waals surface area contributed by atoms with Crippen molar-refractivity contribution >= 4 is 22.0 Å². The Bertz CT molecular complexity index is 364. The largest absolute Gasteiger partial charge is 0.480 e. The van der Waals surface area contributed by atoms with Gasteiger partial charge in [-0.2, -0.15) is 0 Å². The zero-order valence-corrected chi connectivity index (χ0v) is 10.6. The molecule has 0 rings (SSSR count). The molecule has 0 aromatic heterocycles. The molecule has 0 aliphatic heterocycles. The van der Waals surface area contributed by atoms with E-state index < -0.39 is 33.8 Å². The van der Waals surface area contributed by atoms with E-state index in [1.54, 1.807) is 6.92 Å². The molecule has 7 nitrogen and oxygen atoms in total. The first-order valence-electron chi connectivity index (χ1n) is 5.12. The standard InChI is InChI=1S/C9H17NO6S/c1-3-4-7(9(12)13)10-17(14,15)6-5-8(11)16-2/h7,10H,3-6H2,1-2H3,(H,12,13)/t7-/m0/s1. The van der Waals surface area contributed by atoms with Gasteiger partial charge >= 0.3 is 11.9 Å². The number of carboxylic acid groups (broad SMARTS) is 1. The first-order valence-corrected chi connectivity index (χ1v) is 6.77. The van der Waals surface area contributed by atoms with Gasteiger partial charge in [-0.1, -0.05) is 13.3 Å². The van der Waals surface area contributed by atoms with Gasteiger partial charge in [0.25, 0.3) is 0 Å². The number of methoxy groups -OCH3 is 1. The molecule has 0 aromatic rings. The van der Waals surface area contributed by atoms with E-state index in [1.807, 2.05) is 4.72 Å². The smallest absolute Gasteiger partial charge is 0.321 e. The molecule has 0 saturated carbocycles. The molecule has 0 amide bonds. The fourth-order valence-corrected chi connectivity index (χ4v) is 2.32. The van der Waals surface area contributed by atoms with Gasteiger partial charge in [0.2, 0.25) is 10.0 Å². The molecule has 0 aliphatic carbocycles. The number of hydrogen-bond donors (Lipinski definition) is 2. The van der Waals surface area contributed by atoms with Crippen LogP contribution in [0.5, 0.6) is 0 Å². The highest BCUT2D eigenvalue weighted by molar-refractivity contribution is 7.89. The predicted molar refractivity (Wildman–Crippen MR) is 59.9 cm³/mol. The second kappa shape index (κ2) is 7.23. The number of aliphatic carboxylic acids is 1. The fourth-order valence-electron chi connectivity index (χ4n) is 1.12. The van der Waals surface area contributed by atoms with Crippen molar-refractivity contribution < 1.29 is 27.9 Å². The Balaban J connectivity index is 4.40. The van der Waals surface area contributed by atoms with Crippen LogP contribution in [0, 0.1) is 0 Å². The Morgan fingerprint density at radius 1 is 1.41 bits per heavy atom. The Morgan fingerprint density at radius 3 is 2.41 bits per heavy atom. The first kappa shape index (κ1) is 15.9. The van der Waals surface area contributed by atoms with Gasteiger partial charge in [-0.25, -0.2) is 13.1 Å². The minimum absolute atomic E-state index is 0.201. The Labute approximate surface area is 100 Å². The lowest BCUT2D eigenvalue weighted by Crippen LogP contribution is -2.42. The highest BCUT2D eigenvalue weighted by atomic mass is 32.2. The van der Waals surface area contributed by atoms with Crippen LogP contribution in [0.25, 0.3) is 0 Å². The molecule has 0 bridgehead atoms. The lowest BCUT2D eigenvalue weighted by molar-refractivity contribution is -0.140. The normalized spacial score (nSPS) is 13.1. The average molecular weight is 267 g/mol. The number of ether oxygens (including phenoxy) is 1. The van der Waals surface area contributed by atoms with Crippen LogP contribution in [0.3, 0.4) is 0 Å². The molecular formula is C9H17NO6S. The maximum absolute atomic E-state index is 11.5. The Kier molecular flexibility index (Phi) is 6.74. The highest BCUT2D eigenvalue weighted by Gasteiger charge is 2.23. The van der Waals surface area contributed by atoms with Gasteiger partial charge in [-0.3, -0.25) is 9.59 Å². The zero-order chi connectivity index (χ0) is 13.5. The summed E-state index contributed by atoms with van der Waals surface area (Å²) in [6, 6.07) is -1.15. The number of carboxylic acids is 1. The summed E-state index contributed by atoms with van der Waals surface area (Å²) in [5.41, 5.74) is 0. The van der Waals surface area contributed by atoms with E-state index in [4.69, 9.17) is 5.11 Å². The van der Waals surface area contributed by atoms with Crippen molar-refractivity contribution in [1.29, 1.82) is 0 Å². The third-order valence-electron chi connectivity index (χ3n) is 2.00. The van der Waals surface area contributed by atoms with E-state index >= 15 is 0 Å². The molecule has 17 heavy (non-hydrogen) atoms. The summed E-state index contributed by atoms with van der Waals surface area (Å²) in [6.45, 7) is 1.75. The zero-order valence-electron chi connectivity index (χ0n) is 9.80. The second-order valence-electron chi connectivity index (χ2n) is 3.44. The minimum atomic E-state index is -3.78. The van der Waals surface area contributed by atoms with E-state index in [9.17, 15) is 18.0 Å². The number of nitrogens with one attached hydrogen (secondary N) is 1. The number of hydrogen-bond acceptors (Lipinski definition) is 5. The van der Waals surface area contributed by atoms with Crippen LogP contribution in [0.2, 0.25) is 0 Å². The first-order chi connectivity index (χ1) is 7.82. The summed E-state index contributed by atoms with van der Waals surface area (Å²) in [7, 11) is -2.63. The van der Waals surface area contributed by atoms with Crippen LogP contribution in [-0.2, 0) is 24.3 Å². The topological polar surface area (TPSA) is 110 Å². The molecule has 0 unspecified atom stereocenters. The molecular weight excluding hydrogens is 250 g/mol. The van der Waals surface area contributed by atoms with Gasteiger partial charge in [0.15, 0.2) is 0 Å². The third-order valence-corrected chi connectivity index (χ3v) is 3.39. The van der Waals surface area contributed by atoms with Gasteiger partial charge in [-0.15, -0.1) is 0 Å². The number of carbonyl (C=O) groups excluding carboxylic acids is 1. The number of esters is 1. The summed E-state index contributed by atoms with van der Waals surface area (Å²) in [5, 5.41) is 8.77. The predicted octanol–water partition coefficient (Wildman–Crippen LogP) is -0.278. The maximum atomic E-state index is 11.5. The van der Waals surface area contributed by atoms with Crippen molar-refractivity contribution in [3.05, 3.63) is 0 Å². The monoisotopic (exact) mass is 267 g/mol. The number of carbonyl (C=O) groups is 2. The molecule has 0 aromatic carbocycles. The third kappa shape index (κ3) is 6.90. The van der Waals surface area contributed by atoms with Gasteiger partial charge in [-0.05, 0) is 6.42 Å². The quantitative estimate of drug-likeness (QED) is 0.585. The molecule has 0 heterocycles. The van der Waals surface area contributed by atoms with Gasteiger partial charge in [0.1, 0.15) is 6.04 Å². The van der Waals surface area contributed by atoms with Crippen molar-refractivity contribution in [3.8, 4) is 0 Å². The molecule has 8 heteroatoms. The van der Waals surface area contributed by atoms with Crippen molar-refractivity contribution in [3.63, 3.8) is 0 Å². The van der Waals surface area contributed by atoms with Gasteiger partial charge in [0.05, 0.1) is 19.3 Å². The summed E-state index contributed by atoms with van der Waals surface area (Å²) in [6.07, 6.45) is 0.438. The van der Waals surface area contributed by atoms with Crippen LogP contribution >= 0.6 is 0 Å². The summed E-state index contributed by atoms with van der Waals surface area (Å²) < 4.78 is 29.3. The molecule has 2 N–H and O–H groups in total. The van der Waals surface area contributed by atoms with Crippen LogP contribution in [-0.4, -0.2) is 44.4 Å². The van der Waals surface area contributed by atoms with Crippen molar-refractivity contribution in [1.82, 2.24) is 4.72 Å². The van der Waals surface area contributed by atoms with Gasteiger partial charge < -0.3 is 9.84 Å². The minimum Gasteiger partial charge on any atom is -0.480 e. The molecule has 1 atom stereocenters. The average Bonchev–Trinajstić information content (AvgIpc) is 2.25. The summed E-state index contributed by atoms with van der Waals surface area (Å²) in [5.74, 6) is -2.36. The Hall–Kier alpha value is -1.15. The van der Waals surface area contributed by atoms with E-state index in [0.717, 1.165) is 7.11 Å². The summed E-state index contributed by atoms with van der Waals surface area (Å²) >= 11 is 0. The maximum Gasteiger partial charge on any atom is 0.321 e. The van der Waals surface area contributed by atoms with E-state index in [1.165, 1.54) is 0 Å². The second-order valence-corrected chi connectivity index (χ2v) is 5.32. The van der Waals surface area contributed by atoms with E-state index in [2.05, 4.69) is 4.74 Å². The van der Waals surface area contributed by atoms with Crippen molar-refractivity contribution in [2.24, 2.45) is 0 Å². The number of rotatable bonds is 8. The molecule has 0 fully saturated rings. The highest BCUT2D eigenvalue weighted by Crippen LogP contribution is 2.01. The summed E-state index contributed by atoms with van der Waals surface area (Å²) in [4.78, 5) is 21.5. The van der Waals surface area contributed by atoms with Crippen molar-refractivity contribution in [2.75, 3.05) is 12.9 Å². The molecule has 100 valence electrons. The molecule has 0 spiro atoms. The SMILES string of the molecule is CCC[C@H](NS(=O)(=O)CCC(=O)OC)C(=O)O. The van der Waals surface area contributed by atoms with Gasteiger partial charge in [0, 0.05) is 0 Å². The lowest BCUT2D eigenvalue weighted by atomic mass is 10.2. The fraction of sp³-hybridized carbons (Fsp3) is 0.778. The van der Waals surface area contributed by atoms with Crippen LogP contribution < -0.4 is 4.72 Å². The van der Waals surface area contributed by atoms with E-state index in [-0.39, 0.29) is 12.8 Å². The molecule has 0 saturated heterocycles. The van der Waals surface area contributed by atoms with Crippen LogP contribution in [0.15, 0.2) is 0 Å².